The summed E-state index contributed by atoms with van der Waals surface area (Å²) in [5.41, 5.74) is 8.00. The van der Waals surface area contributed by atoms with Crippen molar-refractivity contribution in [1.82, 2.24) is 14.6 Å². The van der Waals surface area contributed by atoms with Crippen LogP contribution >= 0.6 is 0 Å². The third-order valence-electron chi connectivity index (χ3n) is 3.07. The Morgan fingerprint density at radius 1 is 1.25 bits per heavy atom. The van der Waals surface area contributed by atoms with Crippen LogP contribution in [0.15, 0.2) is 42.6 Å². The fraction of sp³-hybridized carbons (Fsp3) is 0.0714. The van der Waals surface area contributed by atoms with Gasteiger partial charge in [-0.05, 0) is 6.07 Å². The van der Waals surface area contributed by atoms with Gasteiger partial charge in [-0.1, -0.05) is 30.3 Å². The number of rotatable bonds is 3. The summed E-state index contributed by atoms with van der Waals surface area (Å²) >= 11 is 0. The minimum absolute atomic E-state index is 0.297. The van der Waals surface area contributed by atoms with Crippen molar-refractivity contribution < 1.29 is 4.79 Å². The quantitative estimate of drug-likeness (QED) is 0.753. The minimum atomic E-state index is -0.554. The predicted octanol–water partition coefficient (Wildman–Crippen LogP) is 1.54. The molecule has 3 aromatic rings. The molecule has 3 N–H and O–H groups in total. The number of carbonyl (C=O) groups excluding carboxylic acids is 1. The second-order valence-corrected chi connectivity index (χ2v) is 4.27. The molecule has 3 rings (SSSR count). The summed E-state index contributed by atoms with van der Waals surface area (Å²) in [4.78, 5) is 15.8. The Kier molecular flexibility index (Phi) is 2.83. The third kappa shape index (κ3) is 1.78. The lowest BCUT2D eigenvalue weighted by atomic mass is 10.1. The molecule has 0 aliphatic rings. The Morgan fingerprint density at radius 2 is 2.00 bits per heavy atom. The first-order valence-electron chi connectivity index (χ1n) is 6.13. The van der Waals surface area contributed by atoms with Crippen LogP contribution in [-0.4, -0.2) is 27.6 Å². The largest absolute Gasteiger partial charge is 0.371 e. The molecule has 100 valence electrons. The van der Waals surface area contributed by atoms with E-state index in [9.17, 15) is 4.79 Å². The molecule has 0 bridgehead atoms. The molecule has 1 aromatic carbocycles. The fourth-order valence-electron chi connectivity index (χ4n) is 2.17. The molecule has 0 fully saturated rings. The van der Waals surface area contributed by atoms with Crippen molar-refractivity contribution >= 4 is 17.4 Å². The molecule has 0 saturated heterocycles. The molecule has 1 amide bonds. The van der Waals surface area contributed by atoms with Gasteiger partial charge in [0.15, 0.2) is 11.5 Å². The number of carbonyl (C=O) groups is 1. The van der Waals surface area contributed by atoms with E-state index in [0.717, 1.165) is 11.3 Å². The zero-order valence-electron chi connectivity index (χ0n) is 10.9. The van der Waals surface area contributed by atoms with Crippen LogP contribution in [0.3, 0.4) is 0 Å². The summed E-state index contributed by atoms with van der Waals surface area (Å²) < 4.78 is 1.63. The number of primary amides is 1. The Labute approximate surface area is 115 Å². The van der Waals surface area contributed by atoms with Gasteiger partial charge in [0.05, 0.1) is 5.69 Å². The molecule has 2 heterocycles. The van der Waals surface area contributed by atoms with Gasteiger partial charge in [-0.25, -0.2) is 9.50 Å². The molecule has 0 saturated carbocycles. The fourth-order valence-corrected chi connectivity index (χ4v) is 2.17. The van der Waals surface area contributed by atoms with Crippen LogP contribution in [0.2, 0.25) is 0 Å². The van der Waals surface area contributed by atoms with Gasteiger partial charge in [-0.15, -0.1) is 5.10 Å². The molecule has 0 aliphatic carbocycles. The zero-order valence-corrected chi connectivity index (χ0v) is 10.9. The maximum Gasteiger partial charge on any atom is 0.256 e. The van der Waals surface area contributed by atoms with Crippen LogP contribution in [-0.2, 0) is 0 Å². The highest BCUT2D eigenvalue weighted by atomic mass is 16.1. The number of nitrogens with zero attached hydrogens (tertiary/aromatic N) is 3. The van der Waals surface area contributed by atoms with E-state index in [1.54, 1.807) is 17.8 Å². The number of nitrogens with two attached hydrogens (primary N) is 1. The van der Waals surface area contributed by atoms with Gasteiger partial charge in [0, 0.05) is 18.8 Å². The van der Waals surface area contributed by atoms with Crippen molar-refractivity contribution in [3.05, 3.63) is 48.2 Å². The number of anilines is 1. The molecule has 2 aromatic heterocycles. The average molecular weight is 267 g/mol. The zero-order chi connectivity index (χ0) is 14.1. The molecular weight excluding hydrogens is 254 g/mol. The lowest BCUT2D eigenvalue weighted by Gasteiger charge is -2.03. The molecular formula is C14H13N5O. The second-order valence-electron chi connectivity index (χ2n) is 4.27. The van der Waals surface area contributed by atoms with E-state index in [4.69, 9.17) is 5.73 Å². The van der Waals surface area contributed by atoms with Crippen LogP contribution in [0.25, 0.3) is 16.9 Å². The second kappa shape index (κ2) is 4.65. The smallest absolute Gasteiger partial charge is 0.256 e. The number of benzene rings is 1. The number of hydrogen-bond acceptors (Lipinski definition) is 4. The number of hydrogen-bond donors (Lipinski definition) is 2. The van der Waals surface area contributed by atoms with E-state index in [1.165, 1.54) is 0 Å². The summed E-state index contributed by atoms with van der Waals surface area (Å²) in [5, 5.41) is 7.24. The predicted molar refractivity (Wildman–Crippen MR) is 76.5 cm³/mol. The summed E-state index contributed by atoms with van der Waals surface area (Å²) in [7, 11) is 1.69. The number of aromatic nitrogens is 3. The van der Waals surface area contributed by atoms with Crippen molar-refractivity contribution in [2.24, 2.45) is 5.73 Å². The van der Waals surface area contributed by atoms with E-state index in [0.29, 0.717) is 17.0 Å². The van der Waals surface area contributed by atoms with Gasteiger partial charge >= 0.3 is 0 Å². The normalized spacial score (nSPS) is 10.7. The standard InChI is InChI=1S/C14H13N5O/c1-16-13-11(12(15)20)14-17-8-7-10(19(14)18-13)9-5-3-2-4-6-9/h2-8H,1H3,(H2,15,20)(H,16,18). The van der Waals surface area contributed by atoms with Crippen molar-refractivity contribution in [3.8, 4) is 11.3 Å². The lowest BCUT2D eigenvalue weighted by molar-refractivity contribution is 0.100. The van der Waals surface area contributed by atoms with Crippen LogP contribution in [0.4, 0.5) is 5.82 Å². The van der Waals surface area contributed by atoms with Gasteiger partial charge in [-0.3, -0.25) is 4.79 Å². The minimum Gasteiger partial charge on any atom is -0.371 e. The molecule has 0 unspecified atom stereocenters. The molecule has 0 atom stereocenters. The van der Waals surface area contributed by atoms with Crippen LogP contribution in [0.5, 0.6) is 0 Å². The molecule has 0 spiro atoms. The van der Waals surface area contributed by atoms with Crippen LogP contribution < -0.4 is 11.1 Å². The van der Waals surface area contributed by atoms with Crippen molar-refractivity contribution in [2.75, 3.05) is 12.4 Å². The van der Waals surface area contributed by atoms with Gasteiger partial charge in [0.2, 0.25) is 0 Å². The summed E-state index contributed by atoms with van der Waals surface area (Å²) in [6.45, 7) is 0. The van der Waals surface area contributed by atoms with Crippen molar-refractivity contribution in [2.45, 2.75) is 0 Å². The number of nitrogens with one attached hydrogen (secondary N) is 1. The van der Waals surface area contributed by atoms with E-state index < -0.39 is 5.91 Å². The number of fused-ring (bicyclic) bond motifs is 1. The Bertz CT molecular complexity index is 779. The Hall–Kier alpha value is -2.89. The maximum atomic E-state index is 11.6. The first-order chi connectivity index (χ1) is 9.72. The Balaban J connectivity index is 2.34. The highest BCUT2D eigenvalue weighted by molar-refractivity contribution is 6.03. The molecule has 6 heteroatoms. The highest BCUT2D eigenvalue weighted by Crippen LogP contribution is 2.24. The molecule has 0 aliphatic heterocycles. The topological polar surface area (TPSA) is 85.3 Å². The van der Waals surface area contributed by atoms with E-state index >= 15 is 0 Å². The lowest BCUT2D eigenvalue weighted by Crippen LogP contribution is -2.13. The number of amides is 1. The van der Waals surface area contributed by atoms with Crippen LogP contribution in [0.1, 0.15) is 10.4 Å². The molecule has 6 nitrogen and oxygen atoms in total. The summed E-state index contributed by atoms with van der Waals surface area (Å²) in [5.74, 6) is -0.129. The average Bonchev–Trinajstić information content (AvgIpc) is 2.86. The van der Waals surface area contributed by atoms with Crippen molar-refractivity contribution in [1.29, 1.82) is 0 Å². The Morgan fingerprint density at radius 3 is 2.65 bits per heavy atom. The van der Waals surface area contributed by atoms with Gasteiger partial charge in [0.1, 0.15) is 5.56 Å². The van der Waals surface area contributed by atoms with Gasteiger partial charge < -0.3 is 11.1 Å². The molecule has 0 radical (unpaired) electrons. The SMILES string of the molecule is CNc1nn2c(-c3ccccc3)ccnc2c1C(N)=O. The first kappa shape index (κ1) is 12.2. The summed E-state index contributed by atoms with van der Waals surface area (Å²) in [6.07, 6.45) is 1.64. The van der Waals surface area contributed by atoms with Crippen molar-refractivity contribution in [3.63, 3.8) is 0 Å². The monoisotopic (exact) mass is 267 g/mol. The van der Waals surface area contributed by atoms with Gasteiger partial charge in [-0.2, -0.15) is 0 Å². The first-order valence-corrected chi connectivity index (χ1v) is 6.13. The molecule has 20 heavy (non-hydrogen) atoms. The van der Waals surface area contributed by atoms with Gasteiger partial charge in [0.25, 0.3) is 5.91 Å². The highest BCUT2D eigenvalue weighted by Gasteiger charge is 2.19. The summed E-state index contributed by atoms with van der Waals surface area (Å²) in [6, 6.07) is 11.6. The van der Waals surface area contributed by atoms with E-state index in [2.05, 4.69) is 15.4 Å². The third-order valence-corrected chi connectivity index (χ3v) is 3.07. The van der Waals surface area contributed by atoms with Crippen LogP contribution in [0, 0.1) is 0 Å². The van der Waals surface area contributed by atoms with E-state index in [-0.39, 0.29) is 0 Å². The van der Waals surface area contributed by atoms with E-state index in [1.807, 2.05) is 36.4 Å². The maximum absolute atomic E-state index is 11.6.